The summed E-state index contributed by atoms with van der Waals surface area (Å²) in [7, 11) is 2.10. The van der Waals surface area contributed by atoms with Crippen molar-refractivity contribution in [3.8, 4) is 0 Å². The highest BCUT2D eigenvalue weighted by Gasteiger charge is 2.43. The maximum atomic E-state index is 12.3. The van der Waals surface area contributed by atoms with E-state index in [4.69, 9.17) is 4.74 Å². The molecule has 2 amide bonds. The highest BCUT2D eigenvalue weighted by molar-refractivity contribution is 5.77. The normalized spacial score (nSPS) is 25.7. The summed E-state index contributed by atoms with van der Waals surface area (Å²) < 4.78 is 5.38. The van der Waals surface area contributed by atoms with Gasteiger partial charge in [0.1, 0.15) is 0 Å². The summed E-state index contributed by atoms with van der Waals surface area (Å²) in [6.45, 7) is 9.77. The molecular formula is C18H31N3O3. The summed E-state index contributed by atoms with van der Waals surface area (Å²) in [6, 6.07) is 0. The van der Waals surface area contributed by atoms with Crippen molar-refractivity contribution in [3.05, 3.63) is 12.7 Å². The number of hydrogen-bond acceptors (Lipinski definition) is 4. The molecule has 6 heteroatoms. The van der Waals surface area contributed by atoms with Gasteiger partial charge in [0.05, 0.1) is 6.61 Å². The number of carbonyl (C=O) groups is 2. The average molecular weight is 337 g/mol. The van der Waals surface area contributed by atoms with E-state index < -0.39 is 0 Å². The molecule has 1 spiro atoms. The minimum atomic E-state index is -0.213. The Morgan fingerprint density at radius 3 is 2.83 bits per heavy atom. The zero-order valence-corrected chi connectivity index (χ0v) is 15.1. The molecule has 2 aliphatic rings. The van der Waals surface area contributed by atoms with E-state index >= 15 is 0 Å². The summed E-state index contributed by atoms with van der Waals surface area (Å²) in [5.41, 5.74) is -0.131. The second-order valence-corrected chi connectivity index (χ2v) is 6.91. The van der Waals surface area contributed by atoms with Crippen molar-refractivity contribution in [2.45, 2.75) is 44.6 Å². The van der Waals surface area contributed by atoms with E-state index in [2.05, 4.69) is 25.5 Å². The number of carbonyl (C=O) groups excluding carboxylic acids is 2. The molecule has 0 saturated carbocycles. The number of ether oxygens (including phenoxy) is 1. The van der Waals surface area contributed by atoms with E-state index in [1.165, 1.54) is 0 Å². The van der Waals surface area contributed by atoms with Crippen LogP contribution >= 0.6 is 0 Å². The average Bonchev–Trinajstić information content (AvgIpc) is 2.72. The Bertz CT molecular complexity index is 468. The maximum Gasteiger partial charge on any atom is 0.409 e. The Morgan fingerprint density at radius 1 is 1.33 bits per heavy atom. The van der Waals surface area contributed by atoms with Gasteiger partial charge in [0.15, 0.2) is 0 Å². The molecule has 0 radical (unpaired) electrons. The van der Waals surface area contributed by atoms with E-state index in [-0.39, 0.29) is 17.5 Å². The lowest BCUT2D eigenvalue weighted by Crippen LogP contribution is -2.62. The number of hydrogen-bond donors (Lipinski definition) is 0. The van der Waals surface area contributed by atoms with Crippen molar-refractivity contribution in [2.24, 2.45) is 0 Å². The zero-order chi connectivity index (χ0) is 17.6. The van der Waals surface area contributed by atoms with Crippen LogP contribution in [0.1, 0.15) is 39.0 Å². The minimum absolute atomic E-state index is 0.131. The van der Waals surface area contributed by atoms with Gasteiger partial charge in [-0.25, -0.2) is 4.79 Å². The van der Waals surface area contributed by atoms with Crippen LogP contribution in [-0.2, 0) is 9.53 Å². The Hall–Kier alpha value is -1.56. The van der Waals surface area contributed by atoms with Crippen molar-refractivity contribution in [1.29, 1.82) is 0 Å². The second kappa shape index (κ2) is 8.51. The minimum Gasteiger partial charge on any atom is -0.449 e. The molecule has 2 fully saturated rings. The van der Waals surface area contributed by atoms with Crippen molar-refractivity contribution >= 4 is 12.0 Å². The summed E-state index contributed by atoms with van der Waals surface area (Å²) in [6.07, 6.45) is 5.66. The molecule has 2 rings (SSSR count). The van der Waals surface area contributed by atoms with Gasteiger partial charge in [-0.15, -0.1) is 6.58 Å². The predicted octanol–water partition coefficient (Wildman–Crippen LogP) is 2.11. The number of piperazine rings is 1. The van der Waals surface area contributed by atoms with Gasteiger partial charge in [-0.1, -0.05) is 19.4 Å². The van der Waals surface area contributed by atoms with Gasteiger partial charge in [0.25, 0.3) is 0 Å². The standard InChI is InChI=1S/C18H31N3O3/c1-4-6-14-24-17(23)21-13-12-19(3)18(15-21)8-7-16(22)20(10-5-2)11-9-18/h5H,2,4,6-15H2,1,3H3. The first-order chi connectivity index (χ1) is 11.5. The lowest BCUT2D eigenvalue weighted by atomic mass is 9.86. The van der Waals surface area contributed by atoms with Gasteiger partial charge in [-0.05, 0) is 26.3 Å². The Balaban J connectivity index is 2.02. The summed E-state index contributed by atoms with van der Waals surface area (Å²) in [5, 5.41) is 0. The van der Waals surface area contributed by atoms with E-state index in [0.717, 1.165) is 32.2 Å². The van der Waals surface area contributed by atoms with E-state index in [9.17, 15) is 9.59 Å². The Labute approximate surface area is 145 Å². The molecule has 1 unspecified atom stereocenters. The van der Waals surface area contributed by atoms with Crippen LogP contribution in [0.5, 0.6) is 0 Å². The lowest BCUT2D eigenvalue weighted by molar-refractivity contribution is -0.130. The van der Waals surface area contributed by atoms with Crippen molar-refractivity contribution in [2.75, 3.05) is 46.4 Å². The van der Waals surface area contributed by atoms with Crippen LogP contribution in [0, 0.1) is 0 Å². The molecule has 0 aromatic heterocycles. The van der Waals surface area contributed by atoms with Gasteiger partial charge in [0, 0.05) is 44.7 Å². The fraction of sp³-hybridized carbons (Fsp3) is 0.778. The number of unbranched alkanes of at least 4 members (excludes halogenated alkanes) is 1. The fourth-order valence-electron chi connectivity index (χ4n) is 3.59. The molecule has 0 bridgehead atoms. The number of amides is 2. The van der Waals surface area contributed by atoms with Crippen molar-refractivity contribution < 1.29 is 14.3 Å². The maximum absolute atomic E-state index is 12.3. The molecule has 0 aliphatic carbocycles. The number of nitrogens with zero attached hydrogens (tertiary/aromatic N) is 3. The van der Waals surface area contributed by atoms with Gasteiger partial charge in [-0.2, -0.15) is 0 Å². The third kappa shape index (κ3) is 4.29. The smallest absolute Gasteiger partial charge is 0.409 e. The predicted molar refractivity (Wildman–Crippen MR) is 93.8 cm³/mol. The summed E-state index contributed by atoms with van der Waals surface area (Å²) in [4.78, 5) is 30.6. The first kappa shape index (κ1) is 18.8. The van der Waals surface area contributed by atoms with Gasteiger partial charge < -0.3 is 14.5 Å². The van der Waals surface area contributed by atoms with Crippen LogP contribution in [-0.4, -0.2) is 78.6 Å². The van der Waals surface area contributed by atoms with Crippen molar-refractivity contribution in [1.82, 2.24) is 14.7 Å². The van der Waals surface area contributed by atoms with E-state index in [0.29, 0.717) is 39.2 Å². The Kier molecular flexibility index (Phi) is 6.66. The molecule has 2 saturated heterocycles. The van der Waals surface area contributed by atoms with E-state index in [1.54, 1.807) is 6.08 Å². The largest absolute Gasteiger partial charge is 0.449 e. The van der Waals surface area contributed by atoms with Gasteiger partial charge >= 0.3 is 6.09 Å². The quantitative estimate of drug-likeness (QED) is 0.569. The molecule has 0 aromatic carbocycles. The lowest BCUT2D eigenvalue weighted by Gasteiger charge is -2.48. The fourth-order valence-corrected chi connectivity index (χ4v) is 3.59. The summed E-state index contributed by atoms with van der Waals surface area (Å²) in [5.74, 6) is 0.183. The second-order valence-electron chi connectivity index (χ2n) is 6.91. The molecule has 136 valence electrons. The number of rotatable bonds is 5. The summed E-state index contributed by atoms with van der Waals surface area (Å²) >= 11 is 0. The molecule has 24 heavy (non-hydrogen) atoms. The Morgan fingerprint density at radius 2 is 2.12 bits per heavy atom. The third-order valence-electron chi connectivity index (χ3n) is 5.34. The van der Waals surface area contributed by atoms with Crippen LogP contribution < -0.4 is 0 Å². The topological polar surface area (TPSA) is 53.1 Å². The molecule has 2 aliphatic heterocycles. The highest BCUT2D eigenvalue weighted by atomic mass is 16.6. The number of likely N-dealkylation sites (N-methyl/N-ethyl adjacent to an activating group) is 1. The SMILES string of the molecule is C=CCN1CCC2(CCC1=O)CN(C(=O)OCCCC)CCN2C. The molecule has 0 N–H and O–H groups in total. The van der Waals surface area contributed by atoms with Crippen LogP contribution in [0.2, 0.25) is 0 Å². The van der Waals surface area contributed by atoms with E-state index in [1.807, 2.05) is 9.80 Å². The van der Waals surface area contributed by atoms with Crippen LogP contribution in [0.15, 0.2) is 12.7 Å². The van der Waals surface area contributed by atoms with Gasteiger partial charge in [-0.3, -0.25) is 9.69 Å². The first-order valence-electron chi connectivity index (χ1n) is 9.04. The monoisotopic (exact) mass is 337 g/mol. The molecule has 0 aromatic rings. The molecule has 1 atom stereocenters. The molecular weight excluding hydrogens is 306 g/mol. The number of likely N-dealkylation sites (tertiary alicyclic amines) is 1. The molecule has 6 nitrogen and oxygen atoms in total. The van der Waals surface area contributed by atoms with Gasteiger partial charge in [0.2, 0.25) is 5.91 Å². The third-order valence-corrected chi connectivity index (χ3v) is 5.34. The van der Waals surface area contributed by atoms with Crippen LogP contribution in [0.4, 0.5) is 4.79 Å². The van der Waals surface area contributed by atoms with Crippen LogP contribution in [0.25, 0.3) is 0 Å². The first-order valence-corrected chi connectivity index (χ1v) is 9.04. The molecule has 2 heterocycles. The van der Waals surface area contributed by atoms with Crippen molar-refractivity contribution in [3.63, 3.8) is 0 Å². The van der Waals surface area contributed by atoms with Crippen LogP contribution in [0.3, 0.4) is 0 Å². The highest BCUT2D eigenvalue weighted by Crippen LogP contribution is 2.32. The zero-order valence-electron chi connectivity index (χ0n) is 15.1.